The Labute approximate surface area is 130 Å². The van der Waals surface area contributed by atoms with Gasteiger partial charge in [-0.25, -0.2) is 0 Å². The molecule has 1 aromatic rings. The van der Waals surface area contributed by atoms with Crippen LogP contribution in [0.3, 0.4) is 0 Å². The lowest BCUT2D eigenvalue weighted by Crippen LogP contribution is -2.39. The number of aliphatic hydroxyl groups is 1. The molecule has 0 aromatic heterocycles. The van der Waals surface area contributed by atoms with Crippen molar-refractivity contribution in [2.45, 2.75) is 51.7 Å². The van der Waals surface area contributed by atoms with E-state index in [0.29, 0.717) is 13.0 Å². The van der Waals surface area contributed by atoms with Gasteiger partial charge in [-0.15, -0.1) is 0 Å². The highest BCUT2D eigenvalue weighted by Crippen LogP contribution is 2.28. The molecule has 0 fully saturated rings. The standard InChI is InChI=1S/C17H23NO4/c1-3-6-14(19)11-16(20)22-12(2)17(21)18-10-9-13-7-4-5-8-15(13)18/h4-5,7-8,12,14,19H,3,6,9-11H2,1-2H3/t12-,14+/m1/s1. The number of hydrogen-bond donors (Lipinski definition) is 1. The minimum atomic E-state index is -0.840. The number of amides is 1. The first-order valence-electron chi connectivity index (χ1n) is 7.79. The first-order chi connectivity index (χ1) is 10.5. The second-order valence-electron chi connectivity index (χ2n) is 5.65. The van der Waals surface area contributed by atoms with Crippen LogP contribution in [0.2, 0.25) is 0 Å². The van der Waals surface area contributed by atoms with Crippen LogP contribution in [0.5, 0.6) is 0 Å². The van der Waals surface area contributed by atoms with Crippen LogP contribution in [0.1, 0.15) is 38.7 Å². The predicted octanol–water partition coefficient (Wildman–Crippen LogP) is 2.06. The van der Waals surface area contributed by atoms with E-state index < -0.39 is 18.2 Å². The van der Waals surface area contributed by atoms with Crippen LogP contribution in [0.15, 0.2) is 24.3 Å². The molecule has 5 heteroatoms. The van der Waals surface area contributed by atoms with Crippen LogP contribution in [0.4, 0.5) is 5.69 Å². The van der Waals surface area contributed by atoms with Crippen molar-refractivity contribution in [2.24, 2.45) is 0 Å². The molecule has 1 amide bonds. The third-order valence-corrected chi connectivity index (χ3v) is 3.83. The molecule has 5 nitrogen and oxygen atoms in total. The van der Waals surface area contributed by atoms with E-state index in [1.165, 1.54) is 0 Å². The molecule has 1 aliphatic rings. The third kappa shape index (κ3) is 3.85. The summed E-state index contributed by atoms with van der Waals surface area (Å²) in [6.07, 6.45) is 0.560. The summed E-state index contributed by atoms with van der Waals surface area (Å²) in [5, 5.41) is 9.62. The highest BCUT2D eigenvalue weighted by Gasteiger charge is 2.29. The minimum absolute atomic E-state index is 0.0674. The van der Waals surface area contributed by atoms with Gasteiger partial charge < -0.3 is 14.7 Å². The molecule has 0 saturated heterocycles. The van der Waals surface area contributed by atoms with E-state index in [9.17, 15) is 14.7 Å². The normalized spacial score (nSPS) is 16.0. The minimum Gasteiger partial charge on any atom is -0.452 e. The number of rotatable bonds is 6. The smallest absolute Gasteiger partial charge is 0.309 e. The SMILES string of the molecule is CCC[C@H](O)CC(=O)O[C@H](C)C(=O)N1CCc2ccccc21. The Kier molecular flexibility index (Phi) is 5.55. The van der Waals surface area contributed by atoms with Crippen LogP contribution in [0.25, 0.3) is 0 Å². The number of carbonyl (C=O) groups is 2. The Morgan fingerprint density at radius 1 is 1.36 bits per heavy atom. The molecule has 2 rings (SSSR count). The maximum atomic E-state index is 12.4. The van der Waals surface area contributed by atoms with Gasteiger partial charge in [0.05, 0.1) is 12.5 Å². The number of benzene rings is 1. The summed E-state index contributed by atoms with van der Waals surface area (Å²) in [5.41, 5.74) is 2.02. The fourth-order valence-corrected chi connectivity index (χ4v) is 2.71. The van der Waals surface area contributed by atoms with Gasteiger partial charge in [-0.3, -0.25) is 9.59 Å². The van der Waals surface area contributed by atoms with Crippen molar-refractivity contribution in [2.75, 3.05) is 11.4 Å². The predicted molar refractivity (Wildman–Crippen MR) is 83.6 cm³/mol. The van der Waals surface area contributed by atoms with Gasteiger partial charge >= 0.3 is 5.97 Å². The van der Waals surface area contributed by atoms with Crippen LogP contribution in [-0.2, 0) is 20.7 Å². The van der Waals surface area contributed by atoms with E-state index >= 15 is 0 Å². The summed E-state index contributed by atoms with van der Waals surface area (Å²) < 4.78 is 5.17. The van der Waals surface area contributed by atoms with Crippen molar-refractivity contribution in [3.05, 3.63) is 29.8 Å². The maximum Gasteiger partial charge on any atom is 0.309 e. The number of nitrogens with zero attached hydrogens (tertiary/aromatic N) is 1. The molecule has 0 unspecified atom stereocenters. The average molecular weight is 305 g/mol. The van der Waals surface area contributed by atoms with E-state index in [2.05, 4.69) is 0 Å². The van der Waals surface area contributed by atoms with E-state index in [-0.39, 0.29) is 12.3 Å². The van der Waals surface area contributed by atoms with E-state index in [4.69, 9.17) is 4.74 Å². The van der Waals surface area contributed by atoms with Crippen molar-refractivity contribution in [1.82, 2.24) is 0 Å². The fraction of sp³-hybridized carbons (Fsp3) is 0.529. The molecule has 1 N–H and O–H groups in total. The number of aliphatic hydroxyl groups excluding tert-OH is 1. The summed E-state index contributed by atoms with van der Waals surface area (Å²) in [7, 11) is 0. The van der Waals surface area contributed by atoms with E-state index in [1.54, 1.807) is 11.8 Å². The molecule has 0 aliphatic carbocycles. The number of carbonyl (C=O) groups excluding carboxylic acids is 2. The van der Waals surface area contributed by atoms with E-state index in [1.807, 2.05) is 31.2 Å². The number of para-hydroxylation sites is 1. The molecule has 1 aliphatic heterocycles. The van der Waals surface area contributed by atoms with Crippen molar-refractivity contribution < 1.29 is 19.4 Å². The van der Waals surface area contributed by atoms with Crippen molar-refractivity contribution >= 4 is 17.6 Å². The zero-order valence-electron chi connectivity index (χ0n) is 13.1. The topological polar surface area (TPSA) is 66.8 Å². The second-order valence-corrected chi connectivity index (χ2v) is 5.65. The molecule has 1 heterocycles. The highest BCUT2D eigenvalue weighted by molar-refractivity contribution is 5.99. The van der Waals surface area contributed by atoms with Gasteiger partial charge in [-0.2, -0.15) is 0 Å². The van der Waals surface area contributed by atoms with Gasteiger partial charge in [-0.1, -0.05) is 31.5 Å². The van der Waals surface area contributed by atoms with Gasteiger partial charge in [-0.05, 0) is 31.4 Å². The Balaban J connectivity index is 1.92. The monoisotopic (exact) mass is 305 g/mol. The number of esters is 1. The van der Waals surface area contributed by atoms with Gasteiger partial charge in [0.15, 0.2) is 6.10 Å². The molecule has 22 heavy (non-hydrogen) atoms. The van der Waals surface area contributed by atoms with Crippen molar-refractivity contribution in [3.63, 3.8) is 0 Å². The molecule has 0 spiro atoms. The summed E-state index contributed by atoms with van der Waals surface area (Å²) in [6.45, 7) is 4.12. The zero-order valence-corrected chi connectivity index (χ0v) is 13.1. The number of anilines is 1. The molecular formula is C17H23NO4. The van der Waals surface area contributed by atoms with E-state index in [0.717, 1.165) is 24.1 Å². The molecule has 120 valence electrons. The third-order valence-electron chi connectivity index (χ3n) is 3.83. The van der Waals surface area contributed by atoms with Crippen LogP contribution in [0, 0.1) is 0 Å². The van der Waals surface area contributed by atoms with Crippen molar-refractivity contribution in [3.8, 4) is 0 Å². The lowest BCUT2D eigenvalue weighted by Gasteiger charge is -2.22. The largest absolute Gasteiger partial charge is 0.452 e. The highest BCUT2D eigenvalue weighted by atomic mass is 16.5. The lowest BCUT2D eigenvalue weighted by molar-refractivity contribution is -0.155. The number of fused-ring (bicyclic) bond motifs is 1. The van der Waals surface area contributed by atoms with Crippen LogP contribution in [-0.4, -0.2) is 35.7 Å². The zero-order chi connectivity index (χ0) is 16.1. The van der Waals surface area contributed by atoms with Gasteiger partial charge in [0, 0.05) is 12.2 Å². The molecule has 0 radical (unpaired) electrons. The Morgan fingerprint density at radius 2 is 2.09 bits per heavy atom. The molecular weight excluding hydrogens is 282 g/mol. The van der Waals surface area contributed by atoms with Crippen LogP contribution < -0.4 is 4.90 Å². The quantitative estimate of drug-likeness (QED) is 0.817. The maximum absolute atomic E-state index is 12.4. The number of hydrogen-bond acceptors (Lipinski definition) is 4. The molecule has 0 saturated carbocycles. The first-order valence-corrected chi connectivity index (χ1v) is 7.79. The summed E-state index contributed by atoms with van der Waals surface area (Å²) in [5.74, 6) is -0.752. The van der Waals surface area contributed by atoms with Gasteiger partial charge in [0.1, 0.15) is 0 Å². The summed E-state index contributed by atoms with van der Waals surface area (Å²) in [6, 6.07) is 7.74. The Bertz CT molecular complexity index is 543. The Morgan fingerprint density at radius 3 is 2.82 bits per heavy atom. The summed E-state index contributed by atoms with van der Waals surface area (Å²) in [4.78, 5) is 25.9. The molecule has 2 atom stereocenters. The molecule has 1 aromatic carbocycles. The van der Waals surface area contributed by atoms with Crippen LogP contribution >= 0.6 is 0 Å². The van der Waals surface area contributed by atoms with Gasteiger partial charge in [0.2, 0.25) is 0 Å². The lowest BCUT2D eigenvalue weighted by atomic mass is 10.1. The molecule has 0 bridgehead atoms. The fourth-order valence-electron chi connectivity index (χ4n) is 2.71. The second kappa shape index (κ2) is 7.40. The number of ether oxygens (including phenoxy) is 1. The van der Waals surface area contributed by atoms with Gasteiger partial charge in [0.25, 0.3) is 5.91 Å². The van der Waals surface area contributed by atoms with Crippen molar-refractivity contribution in [1.29, 1.82) is 0 Å². The first kappa shape index (κ1) is 16.5. The summed E-state index contributed by atoms with van der Waals surface area (Å²) >= 11 is 0. The Hall–Kier alpha value is -1.88. The average Bonchev–Trinajstić information content (AvgIpc) is 2.90.